The van der Waals surface area contributed by atoms with E-state index >= 15 is 0 Å². The third kappa shape index (κ3) is 1.97. The monoisotopic (exact) mass is 292 g/mol. The topological polar surface area (TPSA) is 37.9 Å². The Morgan fingerprint density at radius 3 is 2.94 bits per heavy atom. The molecular weight excluding hydrogens is 280 g/mol. The van der Waals surface area contributed by atoms with Gasteiger partial charge in [-0.3, -0.25) is 0 Å². The second kappa shape index (κ2) is 4.18. The number of halogens is 1. The van der Waals surface area contributed by atoms with Gasteiger partial charge in [0.15, 0.2) is 0 Å². The van der Waals surface area contributed by atoms with Gasteiger partial charge >= 0.3 is 0 Å². The van der Waals surface area contributed by atoms with Crippen LogP contribution >= 0.6 is 15.9 Å². The average molecular weight is 293 g/mol. The molecule has 17 heavy (non-hydrogen) atoms. The van der Waals surface area contributed by atoms with Crippen molar-refractivity contribution in [1.29, 1.82) is 0 Å². The van der Waals surface area contributed by atoms with Crippen LogP contribution in [0.2, 0.25) is 0 Å². The lowest BCUT2D eigenvalue weighted by atomic mass is 10.2. The Balaban J connectivity index is 2.04. The molecule has 1 heterocycles. The summed E-state index contributed by atoms with van der Waals surface area (Å²) < 4.78 is 6.36. The molecule has 0 amide bonds. The Morgan fingerprint density at radius 1 is 1.41 bits per heavy atom. The van der Waals surface area contributed by atoms with Crippen LogP contribution in [0.1, 0.15) is 24.5 Å². The number of rotatable bonds is 3. The van der Waals surface area contributed by atoms with Crippen LogP contribution in [-0.2, 0) is 0 Å². The molecule has 1 saturated carbocycles. The van der Waals surface area contributed by atoms with Gasteiger partial charge in [0.2, 0.25) is 0 Å². The van der Waals surface area contributed by atoms with Crippen molar-refractivity contribution < 1.29 is 4.74 Å². The number of aromatic amines is 1. The summed E-state index contributed by atoms with van der Waals surface area (Å²) in [7, 11) is 1.67. The van der Waals surface area contributed by atoms with Crippen LogP contribution in [0.4, 0.5) is 0 Å². The Bertz CT molecular complexity index is 546. The first kappa shape index (κ1) is 10.8. The number of aromatic nitrogens is 2. The summed E-state index contributed by atoms with van der Waals surface area (Å²) in [6.45, 7) is 0. The van der Waals surface area contributed by atoms with Gasteiger partial charge in [-0.15, -0.1) is 0 Å². The van der Waals surface area contributed by atoms with Gasteiger partial charge in [0.05, 0.1) is 17.1 Å². The molecule has 0 radical (unpaired) electrons. The van der Waals surface area contributed by atoms with Crippen molar-refractivity contribution in [2.75, 3.05) is 7.11 Å². The second-order valence-electron chi connectivity index (χ2n) is 4.28. The van der Waals surface area contributed by atoms with Gasteiger partial charge in [0, 0.05) is 17.8 Å². The molecule has 3 rings (SSSR count). The maximum absolute atomic E-state index is 5.41. The molecular formula is C13H13BrN2O. The van der Waals surface area contributed by atoms with Gasteiger partial charge < -0.3 is 9.72 Å². The van der Waals surface area contributed by atoms with Crippen LogP contribution in [0.3, 0.4) is 0 Å². The molecule has 1 aliphatic rings. The van der Waals surface area contributed by atoms with Gasteiger partial charge in [-0.1, -0.05) is 6.07 Å². The molecule has 2 aromatic rings. The molecule has 1 aromatic carbocycles. The number of para-hydroxylation sites is 1. The van der Waals surface area contributed by atoms with Crippen LogP contribution < -0.4 is 4.74 Å². The molecule has 0 saturated heterocycles. The Labute approximate surface area is 108 Å². The number of imidazole rings is 1. The standard InChI is InChI=1S/C13H13BrN2O/c1-17-12-9(3-2-4-10(12)14)13-15-7-11(16-13)8-5-6-8/h2-4,7-8H,5-6H2,1H3,(H,15,16). The van der Waals surface area contributed by atoms with Crippen molar-refractivity contribution in [3.63, 3.8) is 0 Å². The van der Waals surface area contributed by atoms with Gasteiger partial charge in [-0.25, -0.2) is 4.98 Å². The molecule has 1 aliphatic carbocycles. The third-order valence-electron chi connectivity index (χ3n) is 3.04. The molecule has 0 aliphatic heterocycles. The molecule has 3 nitrogen and oxygen atoms in total. The Morgan fingerprint density at radius 2 is 2.24 bits per heavy atom. The number of nitrogens with zero attached hydrogens (tertiary/aromatic N) is 1. The van der Waals surface area contributed by atoms with E-state index in [2.05, 4.69) is 25.9 Å². The molecule has 0 atom stereocenters. The molecule has 0 spiro atoms. The van der Waals surface area contributed by atoms with E-state index in [-0.39, 0.29) is 0 Å². The lowest BCUT2D eigenvalue weighted by Crippen LogP contribution is -1.90. The van der Waals surface area contributed by atoms with Crippen molar-refractivity contribution in [2.45, 2.75) is 18.8 Å². The Kier molecular flexibility index (Phi) is 2.67. The fourth-order valence-corrected chi connectivity index (χ4v) is 2.50. The zero-order chi connectivity index (χ0) is 11.8. The van der Waals surface area contributed by atoms with Crippen LogP contribution in [0, 0.1) is 0 Å². The van der Waals surface area contributed by atoms with E-state index in [4.69, 9.17) is 4.74 Å². The highest BCUT2D eigenvalue weighted by atomic mass is 79.9. The minimum absolute atomic E-state index is 0.689. The van der Waals surface area contributed by atoms with E-state index < -0.39 is 0 Å². The van der Waals surface area contributed by atoms with Crippen molar-refractivity contribution >= 4 is 15.9 Å². The third-order valence-corrected chi connectivity index (χ3v) is 3.66. The lowest BCUT2D eigenvalue weighted by Gasteiger charge is -2.07. The zero-order valence-corrected chi connectivity index (χ0v) is 11.1. The minimum Gasteiger partial charge on any atom is -0.495 e. The van der Waals surface area contributed by atoms with Gasteiger partial charge in [-0.05, 0) is 40.9 Å². The molecule has 1 N–H and O–H groups in total. The molecule has 0 bridgehead atoms. The second-order valence-corrected chi connectivity index (χ2v) is 5.14. The van der Waals surface area contributed by atoms with E-state index in [1.807, 2.05) is 24.4 Å². The molecule has 1 fully saturated rings. The van der Waals surface area contributed by atoms with Crippen molar-refractivity contribution in [3.8, 4) is 17.1 Å². The number of hydrogen-bond acceptors (Lipinski definition) is 2. The molecule has 0 unspecified atom stereocenters. The first-order valence-electron chi connectivity index (χ1n) is 5.67. The average Bonchev–Trinajstić information content (AvgIpc) is 3.07. The van der Waals surface area contributed by atoms with E-state index in [0.717, 1.165) is 21.6 Å². The van der Waals surface area contributed by atoms with E-state index in [1.54, 1.807) is 7.11 Å². The predicted octanol–water partition coefficient (Wildman–Crippen LogP) is 3.73. The smallest absolute Gasteiger partial charge is 0.143 e. The first-order chi connectivity index (χ1) is 8.29. The SMILES string of the molecule is COc1c(Br)cccc1-c1ncc(C2CC2)[nH]1. The lowest BCUT2D eigenvalue weighted by molar-refractivity contribution is 0.413. The van der Waals surface area contributed by atoms with Crippen molar-refractivity contribution in [3.05, 3.63) is 34.6 Å². The van der Waals surface area contributed by atoms with E-state index in [1.165, 1.54) is 18.5 Å². The molecule has 88 valence electrons. The summed E-state index contributed by atoms with van der Waals surface area (Å²) in [5, 5.41) is 0. The van der Waals surface area contributed by atoms with Crippen molar-refractivity contribution in [2.24, 2.45) is 0 Å². The maximum Gasteiger partial charge on any atom is 0.143 e. The summed E-state index contributed by atoms with van der Waals surface area (Å²) >= 11 is 3.49. The highest BCUT2D eigenvalue weighted by Crippen LogP contribution is 2.41. The van der Waals surface area contributed by atoms with Gasteiger partial charge in [0.1, 0.15) is 11.6 Å². The first-order valence-corrected chi connectivity index (χ1v) is 6.46. The zero-order valence-electron chi connectivity index (χ0n) is 9.53. The van der Waals surface area contributed by atoms with Crippen LogP contribution in [0.15, 0.2) is 28.9 Å². The summed E-state index contributed by atoms with van der Waals surface area (Å²) in [5.74, 6) is 2.39. The summed E-state index contributed by atoms with van der Waals surface area (Å²) in [6.07, 6.45) is 4.49. The molecule has 4 heteroatoms. The van der Waals surface area contributed by atoms with E-state index in [9.17, 15) is 0 Å². The number of hydrogen-bond donors (Lipinski definition) is 1. The molecule has 1 aromatic heterocycles. The number of benzene rings is 1. The summed E-state index contributed by atoms with van der Waals surface area (Å²) in [6, 6.07) is 5.97. The maximum atomic E-state index is 5.41. The highest BCUT2D eigenvalue weighted by Gasteiger charge is 2.26. The van der Waals surface area contributed by atoms with Crippen LogP contribution in [0.25, 0.3) is 11.4 Å². The van der Waals surface area contributed by atoms with Crippen LogP contribution in [0.5, 0.6) is 5.75 Å². The summed E-state index contributed by atoms with van der Waals surface area (Å²) in [5.41, 5.74) is 2.23. The quantitative estimate of drug-likeness (QED) is 0.936. The number of H-pyrrole nitrogens is 1. The fraction of sp³-hybridized carbons (Fsp3) is 0.308. The van der Waals surface area contributed by atoms with Crippen molar-refractivity contribution in [1.82, 2.24) is 9.97 Å². The number of ether oxygens (including phenoxy) is 1. The summed E-state index contributed by atoms with van der Waals surface area (Å²) in [4.78, 5) is 7.82. The minimum atomic E-state index is 0.689. The van der Waals surface area contributed by atoms with Crippen LogP contribution in [-0.4, -0.2) is 17.1 Å². The Hall–Kier alpha value is -1.29. The highest BCUT2D eigenvalue weighted by molar-refractivity contribution is 9.10. The fourth-order valence-electron chi connectivity index (χ4n) is 1.98. The number of nitrogens with one attached hydrogen (secondary N) is 1. The normalized spacial score (nSPS) is 14.9. The largest absolute Gasteiger partial charge is 0.495 e. The predicted molar refractivity (Wildman–Crippen MR) is 70.3 cm³/mol. The van der Waals surface area contributed by atoms with Gasteiger partial charge in [-0.2, -0.15) is 0 Å². The number of methoxy groups -OCH3 is 1. The van der Waals surface area contributed by atoms with Gasteiger partial charge in [0.25, 0.3) is 0 Å². The van der Waals surface area contributed by atoms with E-state index in [0.29, 0.717) is 5.92 Å².